The van der Waals surface area contributed by atoms with E-state index in [0.29, 0.717) is 6.54 Å². The Hall–Kier alpha value is -0.380. The SMILES string of the molecule is O=C(CCl)N1CC(C(F)F)C2(CC2)C1. The summed E-state index contributed by atoms with van der Waals surface area (Å²) in [5.74, 6) is -0.956. The van der Waals surface area contributed by atoms with Crippen molar-refractivity contribution in [3.8, 4) is 0 Å². The van der Waals surface area contributed by atoms with Crippen LogP contribution in [0.5, 0.6) is 0 Å². The molecule has 2 rings (SSSR count). The molecular weight excluding hydrogens is 212 g/mol. The molecule has 2 aliphatic rings. The van der Waals surface area contributed by atoms with E-state index < -0.39 is 12.3 Å². The molecule has 14 heavy (non-hydrogen) atoms. The van der Waals surface area contributed by atoms with Crippen LogP contribution in [0.3, 0.4) is 0 Å². The molecule has 0 aromatic rings. The summed E-state index contributed by atoms with van der Waals surface area (Å²) in [6.07, 6.45) is -0.659. The minimum Gasteiger partial charge on any atom is -0.341 e. The number of hydrogen-bond acceptors (Lipinski definition) is 1. The summed E-state index contributed by atoms with van der Waals surface area (Å²) < 4.78 is 25.3. The van der Waals surface area contributed by atoms with Crippen molar-refractivity contribution in [3.05, 3.63) is 0 Å². The number of nitrogens with zero attached hydrogens (tertiary/aromatic N) is 1. The number of likely N-dealkylation sites (tertiary alicyclic amines) is 1. The lowest BCUT2D eigenvalue weighted by molar-refractivity contribution is -0.127. The fraction of sp³-hybridized carbons (Fsp3) is 0.889. The van der Waals surface area contributed by atoms with E-state index in [1.54, 1.807) is 0 Å². The van der Waals surface area contributed by atoms with E-state index in [0.717, 1.165) is 12.8 Å². The minimum atomic E-state index is -2.31. The summed E-state index contributed by atoms with van der Waals surface area (Å²) in [5.41, 5.74) is -0.268. The van der Waals surface area contributed by atoms with Crippen LogP contribution in [0.15, 0.2) is 0 Å². The Morgan fingerprint density at radius 1 is 1.57 bits per heavy atom. The van der Waals surface area contributed by atoms with Crippen LogP contribution in [0.4, 0.5) is 8.78 Å². The first-order valence-electron chi connectivity index (χ1n) is 4.71. The van der Waals surface area contributed by atoms with Crippen LogP contribution in [0, 0.1) is 11.3 Å². The van der Waals surface area contributed by atoms with Gasteiger partial charge in [-0.05, 0) is 18.3 Å². The van der Waals surface area contributed by atoms with Crippen LogP contribution >= 0.6 is 11.6 Å². The van der Waals surface area contributed by atoms with E-state index in [2.05, 4.69) is 0 Å². The van der Waals surface area contributed by atoms with Crippen LogP contribution in [-0.2, 0) is 4.79 Å². The second kappa shape index (κ2) is 3.33. The molecule has 1 atom stereocenters. The van der Waals surface area contributed by atoms with E-state index in [-0.39, 0.29) is 23.7 Å². The maximum Gasteiger partial charge on any atom is 0.243 e. The molecule has 1 saturated carbocycles. The van der Waals surface area contributed by atoms with E-state index in [1.165, 1.54) is 4.90 Å². The van der Waals surface area contributed by atoms with Gasteiger partial charge in [-0.15, -0.1) is 11.6 Å². The van der Waals surface area contributed by atoms with Gasteiger partial charge in [-0.25, -0.2) is 8.78 Å². The Kier molecular flexibility index (Phi) is 2.41. The van der Waals surface area contributed by atoms with Gasteiger partial charge >= 0.3 is 0 Å². The summed E-state index contributed by atoms with van der Waals surface area (Å²) in [7, 11) is 0. The standard InChI is InChI=1S/C9H12ClF2NO/c10-3-7(14)13-4-6(8(11)12)9(5-13)1-2-9/h6,8H,1-5H2. The maximum atomic E-state index is 12.6. The Labute approximate surface area is 86.2 Å². The second-order valence-corrected chi connectivity index (χ2v) is 4.48. The third-order valence-corrected chi connectivity index (χ3v) is 3.60. The molecule has 1 spiro atoms. The number of carbonyl (C=O) groups excluding carboxylic acids is 1. The topological polar surface area (TPSA) is 20.3 Å². The number of alkyl halides is 3. The third-order valence-electron chi connectivity index (χ3n) is 3.37. The van der Waals surface area contributed by atoms with Crippen molar-refractivity contribution >= 4 is 17.5 Å². The molecule has 1 amide bonds. The van der Waals surface area contributed by atoms with Gasteiger partial charge in [-0.2, -0.15) is 0 Å². The molecule has 0 radical (unpaired) electrons. The molecule has 0 aromatic carbocycles. The monoisotopic (exact) mass is 223 g/mol. The first kappa shape index (κ1) is 10.1. The van der Waals surface area contributed by atoms with Gasteiger partial charge in [-0.3, -0.25) is 4.79 Å². The predicted molar refractivity (Wildman–Crippen MR) is 48.5 cm³/mol. The fourth-order valence-corrected chi connectivity index (χ4v) is 2.47. The number of halogens is 3. The van der Waals surface area contributed by atoms with Crippen LogP contribution in [0.25, 0.3) is 0 Å². The first-order chi connectivity index (χ1) is 6.59. The molecule has 1 saturated heterocycles. The minimum absolute atomic E-state index is 0.105. The highest BCUT2D eigenvalue weighted by Crippen LogP contribution is 2.57. The van der Waals surface area contributed by atoms with Crippen LogP contribution < -0.4 is 0 Å². The van der Waals surface area contributed by atoms with Crippen molar-refractivity contribution in [1.29, 1.82) is 0 Å². The molecule has 0 aromatic heterocycles. The molecule has 80 valence electrons. The summed E-state index contributed by atoms with van der Waals surface area (Å²) >= 11 is 5.39. The van der Waals surface area contributed by atoms with E-state index in [4.69, 9.17) is 11.6 Å². The average molecular weight is 224 g/mol. The number of rotatable bonds is 2. The molecule has 2 nitrogen and oxygen atoms in total. The molecule has 1 heterocycles. The van der Waals surface area contributed by atoms with E-state index in [9.17, 15) is 13.6 Å². The smallest absolute Gasteiger partial charge is 0.243 e. The zero-order chi connectivity index (χ0) is 10.3. The maximum absolute atomic E-state index is 12.6. The van der Waals surface area contributed by atoms with Crippen molar-refractivity contribution in [2.24, 2.45) is 11.3 Å². The molecule has 0 bridgehead atoms. The lowest BCUT2D eigenvalue weighted by Gasteiger charge is -2.14. The van der Waals surface area contributed by atoms with Crippen molar-refractivity contribution in [2.75, 3.05) is 19.0 Å². The van der Waals surface area contributed by atoms with Gasteiger partial charge in [0.05, 0.1) is 0 Å². The molecule has 1 aliphatic carbocycles. The van der Waals surface area contributed by atoms with Crippen molar-refractivity contribution < 1.29 is 13.6 Å². The fourth-order valence-electron chi connectivity index (χ4n) is 2.30. The van der Waals surface area contributed by atoms with Gasteiger partial charge in [0, 0.05) is 19.0 Å². The Morgan fingerprint density at radius 2 is 2.21 bits per heavy atom. The van der Waals surface area contributed by atoms with Gasteiger partial charge in [0.2, 0.25) is 12.3 Å². The zero-order valence-corrected chi connectivity index (χ0v) is 8.44. The number of amides is 1. The quantitative estimate of drug-likeness (QED) is 0.653. The molecule has 1 unspecified atom stereocenters. The van der Waals surface area contributed by atoms with Crippen LogP contribution in [0.2, 0.25) is 0 Å². The van der Waals surface area contributed by atoms with Gasteiger partial charge in [0.25, 0.3) is 0 Å². The lowest BCUT2D eigenvalue weighted by Crippen LogP contribution is -2.30. The molecule has 1 aliphatic heterocycles. The first-order valence-corrected chi connectivity index (χ1v) is 5.24. The van der Waals surface area contributed by atoms with Crippen molar-refractivity contribution in [2.45, 2.75) is 19.3 Å². The molecule has 2 fully saturated rings. The number of carbonyl (C=O) groups is 1. The normalized spacial score (nSPS) is 28.9. The Bertz CT molecular complexity index is 255. The van der Waals surface area contributed by atoms with Gasteiger partial charge in [0.15, 0.2) is 0 Å². The summed E-state index contributed by atoms with van der Waals surface area (Å²) in [6, 6.07) is 0. The highest BCUT2D eigenvalue weighted by atomic mass is 35.5. The average Bonchev–Trinajstić information content (AvgIpc) is 2.77. The van der Waals surface area contributed by atoms with Crippen LogP contribution in [-0.4, -0.2) is 36.2 Å². The van der Waals surface area contributed by atoms with Crippen molar-refractivity contribution in [3.63, 3.8) is 0 Å². The second-order valence-electron chi connectivity index (χ2n) is 4.21. The Morgan fingerprint density at radius 3 is 2.57 bits per heavy atom. The predicted octanol–water partition coefficient (Wildman–Crippen LogP) is 1.73. The van der Waals surface area contributed by atoms with Gasteiger partial charge in [0.1, 0.15) is 5.88 Å². The number of hydrogen-bond donors (Lipinski definition) is 0. The molecular formula is C9H12ClF2NO. The summed E-state index contributed by atoms with van der Waals surface area (Å²) in [5, 5.41) is 0. The third kappa shape index (κ3) is 1.49. The van der Waals surface area contributed by atoms with E-state index in [1.807, 2.05) is 0 Å². The van der Waals surface area contributed by atoms with Gasteiger partial charge < -0.3 is 4.90 Å². The van der Waals surface area contributed by atoms with E-state index >= 15 is 0 Å². The largest absolute Gasteiger partial charge is 0.341 e. The van der Waals surface area contributed by atoms with Gasteiger partial charge in [-0.1, -0.05) is 0 Å². The van der Waals surface area contributed by atoms with Crippen LogP contribution in [0.1, 0.15) is 12.8 Å². The molecule has 0 N–H and O–H groups in total. The molecule has 5 heteroatoms. The highest BCUT2D eigenvalue weighted by molar-refractivity contribution is 6.27. The Balaban J connectivity index is 2.06. The van der Waals surface area contributed by atoms with Crippen molar-refractivity contribution in [1.82, 2.24) is 4.90 Å². The zero-order valence-electron chi connectivity index (χ0n) is 7.68. The highest BCUT2D eigenvalue weighted by Gasteiger charge is 2.58. The summed E-state index contributed by atoms with van der Waals surface area (Å²) in [6.45, 7) is 0.663. The lowest BCUT2D eigenvalue weighted by atomic mass is 9.93. The summed E-state index contributed by atoms with van der Waals surface area (Å²) in [4.78, 5) is 12.7.